The summed E-state index contributed by atoms with van der Waals surface area (Å²) in [4.78, 5) is 22.9. The molecule has 1 aromatic rings. The predicted octanol–water partition coefficient (Wildman–Crippen LogP) is -0.297. The molecule has 0 unspecified atom stereocenters. The smallest absolute Gasteiger partial charge is 0.269 e. The highest BCUT2D eigenvalue weighted by Gasteiger charge is 2.12. The maximum Gasteiger partial charge on any atom is 0.269 e. The first-order valence-corrected chi connectivity index (χ1v) is 7.73. The molecule has 0 fully saturated rings. The van der Waals surface area contributed by atoms with Crippen molar-refractivity contribution in [1.29, 1.82) is 0 Å². The molecule has 25 heavy (non-hydrogen) atoms. The second-order valence-corrected chi connectivity index (χ2v) is 5.44. The summed E-state index contributed by atoms with van der Waals surface area (Å²) < 4.78 is 15.3. The zero-order valence-electron chi connectivity index (χ0n) is 14.3. The molecule has 0 radical (unpaired) electrons. The van der Waals surface area contributed by atoms with E-state index in [9.17, 15) is 9.59 Å². The highest BCUT2D eigenvalue weighted by atomic mass is 32.1. The molecule has 0 bridgehead atoms. The first-order chi connectivity index (χ1) is 11.9. The molecule has 1 rings (SSSR count). The second-order valence-electron chi connectivity index (χ2n) is 5.03. The van der Waals surface area contributed by atoms with Crippen LogP contribution in [0.4, 0.5) is 0 Å². The third-order valence-corrected chi connectivity index (χ3v) is 3.10. The van der Waals surface area contributed by atoms with Crippen LogP contribution in [0, 0.1) is 0 Å². The fraction of sp³-hybridized carbons (Fsp3) is 0.400. The molecule has 9 nitrogen and oxygen atoms in total. The molecule has 0 saturated heterocycles. The highest BCUT2D eigenvalue weighted by molar-refractivity contribution is 7.80. The van der Waals surface area contributed by atoms with Gasteiger partial charge in [-0.1, -0.05) is 0 Å². The molecule has 5 N–H and O–H groups in total. The molecule has 0 saturated carbocycles. The van der Waals surface area contributed by atoms with Crippen molar-refractivity contribution < 1.29 is 23.8 Å². The van der Waals surface area contributed by atoms with E-state index < -0.39 is 11.8 Å². The number of nitrogens with one attached hydrogen (secondary N) is 3. The van der Waals surface area contributed by atoms with Gasteiger partial charge in [-0.05, 0) is 37.3 Å². The maximum atomic E-state index is 12.1. The van der Waals surface area contributed by atoms with E-state index in [1.807, 2.05) is 6.92 Å². The predicted molar refractivity (Wildman–Crippen MR) is 95.4 cm³/mol. The molecule has 10 heteroatoms. The Kier molecular flexibility index (Phi) is 8.44. The zero-order valence-corrected chi connectivity index (χ0v) is 15.1. The number of rotatable bonds is 8. The normalized spacial score (nSPS) is 11.2. The largest absolute Gasteiger partial charge is 0.493 e. The molecular formula is C15H22N4O5S. The number of primary amides is 1. The summed E-state index contributed by atoms with van der Waals surface area (Å²) in [6.07, 6.45) is 0. The summed E-state index contributed by atoms with van der Waals surface area (Å²) in [5.41, 5.74) is 10.4. The standard InChI is InChI=1S/C15H22N4O5S/c1-9(7-22-2)17-15(25)19-18-14(21)10-4-5-11(12(6-10)23-3)24-8-13(16)20/h4-6,9H,7-8H2,1-3H3,(H2,16,20)(H,18,21)(H2,17,19,25)/t9-/m0/s1. The van der Waals surface area contributed by atoms with Gasteiger partial charge in [-0.3, -0.25) is 20.4 Å². The van der Waals surface area contributed by atoms with Crippen molar-refractivity contribution in [3.8, 4) is 11.5 Å². The molecular weight excluding hydrogens is 348 g/mol. The van der Waals surface area contributed by atoms with E-state index in [4.69, 9.17) is 32.2 Å². The van der Waals surface area contributed by atoms with Crippen molar-refractivity contribution >= 4 is 29.1 Å². The van der Waals surface area contributed by atoms with Gasteiger partial charge in [0.1, 0.15) is 0 Å². The van der Waals surface area contributed by atoms with Crippen LogP contribution in [0.2, 0.25) is 0 Å². The Bertz CT molecular complexity index is 626. The Morgan fingerprint density at radius 3 is 2.56 bits per heavy atom. The Labute approximate surface area is 151 Å². The number of amides is 2. The second kappa shape index (κ2) is 10.3. The summed E-state index contributed by atoms with van der Waals surface area (Å²) in [6.45, 7) is 2.07. The van der Waals surface area contributed by atoms with E-state index in [-0.39, 0.29) is 17.8 Å². The Balaban J connectivity index is 2.63. The minimum atomic E-state index is -0.614. The number of nitrogens with two attached hydrogens (primary N) is 1. The Morgan fingerprint density at radius 2 is 1.96 bits per heavy atom. The molecule has 1 atom stereocenters. The number of hydrazine groups is 1. The molecule has 0 aromatic heterocycles. The molecule has 0 spiro atoms. The average molecular weight is 370 g/mol. The molecule has 2 amide bonds. The lowest BCUT2D eigenvalue weighted by Gasteiger charge is -2.16. The van der Waals surface area contributed by atoms with Crippen LogP contribution in [0.25, 0.3) is 0 Å². The summed E-state index contributed by atoms with van der Waals surface area (Å²) in [6, 6.07) is 4.48. The number of methoxy groups -OCH3 is 2. The molecule has 0 aliphatic rings. The summed E-state index contributed by atoms with van der Waals surface area (Å²) in [5.74, 6) is -0.445. The number of hydrogen-bond donors (Lipinski definition) is 4. The first kappa shape index (κ1) is 20.5. The monoisotopic (exact) mass is 370 g/mol. The van der Waals surface area contributed by atoms with Crippen LogP contribution in [0.1, 0.15) is 17.3 Å². The maximum absolute atomic E-state index is 12.1. The van der Waals surface area contributed by atoms with Gasteiger partial charge in [0.05, 0.1) is 13.7 Å². The van der Waals surface area contributed by atoms with E-state index >= 15 is 0 Å². The van der Waals surface area contributed by atoms with Crippen LogP contribution in [-0.4, -0.2) is 50.4 Å². The number of carbonyl (C=O) groups excluding carboxylic acids is 2. The first-order valence-electron chi connectivity index (χ1n) is 7.32. The van der Waals surface area contributed by atoms with Crippen LogP contribution < -0.4 is 31.4 Å². The topological polar surface area (TPSA) is 124 Å². The lowest BCUT2D eigenvalue weighted by atomic mass is 10.2. The lowest BCUT2D eigenvalue weighted by Crippen LogP contribution is -2.49. The quantitative estimate of drug-likeness (QED) is 0.363. The number of benzene rings is 1. The van der Waals surface area contributed by atoms with E-state index in [0.29, 0.717) is 23.7 Å². The molecule has 138 valence electrons. The van der Waals surface area contributed by atoms with Crippen molar-refractivity contribution in [3.63, 3.8) is 0 Å². The Morgan fingerprint density at radius 1 is 1.24 bits per heavy atom. The Hall–Kier alpha value is -2.59. The minimum absolute atomic E-state index is 0.0105. The molecule has 0 aliphatic heterocycles. The van der Waals surface area contributed by atoms with Gasteiger partial charge < -0.3 is 25.3 Å². The van der Waals surface area contributed by atoms with Gasteiger partial charge in [0.15, 0.2) is 23.2 Å². The van der Waals surface area contributed by atoms with Gasteiger partial charge in [0.25, 0.3) is 11.8 Å². The van der Waals surface area contributed by atoms with E-state index in [0.717, 1.165) is 0 Å². The number of ether oxygens (including phenoxy) is 3. The lowest BCUT2D eigenvalue weighted by molar-refractivity contribution is -0.119. The van der Waals surface area contributed by atoms with Gasteiger partial charge in [-0.15, -0.1) is 0 Å². The van der Waals surface area contributed by atoms with Crippen LogP contribution in [0.5, 0.6) is 11.5 Å². The summed E-state index contributed by atoms with van der Waals surface area (Å²) >= 11 is 5.06. The van der Waals surface area contributed by atoms with E-state index in [2.05, 4.69) is 16.2 Å². The number of carbonyl (C=O) groups is 2. The van der Waals surface area contributed by atoms with Gasteiger partial charge in [0.2, 0.25) is 0 Å². The van der Waals surface area contributed by atoms with Gasteiger partial charge in [-0.25, -0.2) is 0 Å². The van der Waals surface area contributed by atoms with Gasteiger partial charge in [0, 0.05) is 18.7 Å². The van der Waals surface area contributed by atoms with Gasteiger partial charge >= 0.3 is 0 Å². The highest BCUT2D eigenvalue weighted by Crippen LogP contribution is 2.27. The molecule has 1 aromatic carbocycles. The fourth-order valence-electron chi connectivity index (χ4n) is 1.81. The van der Waals surface area contributed by atoms with Crippen LogP contribution in [0.3, 0.4) is 0 Å². The van der Waals surface area contributed by atoms with Crippen LogP contribution in [0.15, 0.2) is 18.2 Å². The van der Waals surface area contributed by atoms with Crippen molar-refractivity contribution in [1.82, 2.24) is 16.2 Å². The summed E-state index contributed by atoms with van der Waals surface area (Å²) in [5, 5.41) is 3.19. The van der Waals surface area contributed by atoms with Crippen molar-refractivity contribution in [2.45, 2.75) is 13.0 Å². The zero-order chi connectivity index (χ0) is 18.8. The van der Waals surface area contributed by atoms with Crippen molar-refractivity contribution in [2.75, 3.05) is 27.4 Å². The average Bonchev–Trinajstić information content (AvgIpc) is 2.57. The fourth-order valence-corrected chi connectivity index (χ4v) is 2.07. The SMILES string of the molecule is COC[C@H](C)NC(=S)NNC(=O)c1ccc(OCC(N)=O)c(OC)c1. The third kappa shape index (κ3) is 7.23. The number of hydrogen-bond acceptors (Lipinski definition) is 6. The van der Waals surface area contributed by atoms with Crippen LogP contribution >= 0.6 is 12.2 Å². The van der Waals surface area contributed by atoms with Crippen molar-refractivity contribution in [2.24, 2.45) is 5.73 Å². The van der Waals surface area contributed by atoms with Crippen LogP contribution in [-0.2, 0) is 9.53 Å². The van der Waals surface area contributed by atoms with E-state index in [1.165, 1.54) is 25.3 Å². The van der Waals surface area contributed by atoms with Crippen molar-refractivity contribution in [3.05, 3.63) is 23.8 Å². The summed E-state index contributed by atoms with van der Waals surface area (Å²) in [7, 11) is 3.00. The molecule has 0 aliphatic carbocycles. The van der Waals surface area contributed by atoms with E-state index in [1.54, 1.807) is 7.11 Å². The number of thiocarbonyl (C=S) groups is 1. The molecule has 0 heterocycles. The third-order valence-electron chi connectivity index (χ3n) is 2.88. The van der Waals surface area contributed by atoms with Gasteiger partial charge in [-0.2, -0.15) is 0 Å². The minimum Gasteiger partial charge on any atom is -0.493 e.